The van der Waals surface area contributed by atoms with E-state index in [0.29, 0.717) is 11.1 Å². The average Bonchev–Trinajstić information content (AvgIpc) is 2.93. The minimum atomic E-state index is -3.74. The minimum absolute atomic E-state index is 0.146. The van der Waals surface area contributed by atoms with Crippen molar-refractivity contribution in [1.82, 2.24) is 0 Å². The summed E-state index contributed by atoms with van der Waals surface area (Å²) < 4.78 is 44.3. The number of carbonyl (C=O) groups excluding carboxylic acids is 2. The zero-order valence-corrected chi connectivity index (χ0v) is 16.2. The molecule has 0 aliphatic heterocycles. The number of ketones is 2. The highest BCUT2D eigenvalue weighted by atomic mass is 32.2. The highest BCUT2D eigenvalue weighted by Crippen LogP contribution is 2.43. The fraction of sp³-hybridized carbons (Fsp3) is 0.444. The first kappa shape index (κ1) is 19.5. The second-order valence-corrected chi connectivity index (χ2v) is 7.81. The summed E-state index contributed by atoms with van der Waals surface area (Å²) in [6.45, 7) is 2.03. The molecule has 9 heteroatoms. The molecule has 0 spiro atoms. The first-order valence-electron chi connectivity index (χ1n) is 8.30. The molecule has 2 atom stereocenters. The third kappa shape index (κ3) is 3.26. The van der Waals surface area contributed by atoms with E-state index in [2.05, 4.69) is 0 Å². The van der Waals surface area contributed by atoms with Gasteiger partial charge in [-0.15, -0.1) is 0 Å². The first-order valence-corrected chi connectivity index (χ1v) is 10.1. The number of hydrogen-bond donors (Lipinski definition) is 0. The van der Waals surface area contributed by atoms with Gasteiger partial charge in [0.2, 0.25) is 23.1 Å². The Hall–Kier alpha value is -2.23. The van der Waals surface area contributed by atoms with Gasteiger partial charge in [0, 0.05) is 24.2 Å². The fourth-order valence-corrected chi connectivity index (χ4v) is 4.22. The van der Waals surface area contributed by atoms with Crippen molar-refractivity contribution in [2.75, 3.05) is 27.1 Å². The third-order valence-electron chi connectivity index (χ3n) is 4.52. The molecule has 8 nitrogen and oxygen atoms in total. The Morgan fingerprint density at radius 2 is 1.70 bits per heavy atom. The van der Waals surface area contributed by atoms with E-state index in [1.165, 1.54) is 20.3 Å². The number of methoxy groups -OCH3 is 2. The Balaban J connectivity index is 2.18. The van der Waals surface area contributed by atoms with E-state index in [0.717, 1.165) is 6.26 Å². The Labute approximate surface area is 157 Å². The van der Waals surface area contributed by atoms with E-state index < -0.39 is 33.9 Å². The van der Waals surface area contributed by atoms with Gasteiger partial charge in [-0.25, -0.2) is 0 Å². The number of Topliss-reactive ketones (excluding diaryl/α,β-unsaturated/α-hetero) is 2. The molecule has 3 rings (SSSR count). The molecule has 0 saturated carbocycles. The van der Waals surface area contributed by atoms with Crippen molar-refractivity contribution in [3.05, 3.63) is 45.9 Å². The topological polar surface area (TPSA) is 105 Å². The number of rotatable bonds is 6. The maximum absolute atomic E-state index is 13.0. The largest absolute Gasteiger partial charge is 0.489 e. The molecule has 2 aliphatic rings. The van der Waals surface area contributed by atoms with Gasteiger partial charge in [0.15, 0.2) is 0 Å². The molecule has 1 aromatic rings. The zero-order chi connectivity index (χ0) is 19.9. The number of benzene rings is 1. The van der Waals surface area contributed by atoms with Gasteiger partial charge >= 0.3 is 0 Å². The van der Waals surface area contributed by atoms with Gasteiger partial charge in [0.1, 0.15) is 12.2 Å². The highest BCUT2D eigenvalue weighted by molar-refractivity contribution is 7.86. The number of carbonyl (C=O) groups is 2. The Morgan fingerprint density at radius 1 is 1.07 bits per heavy atom. The summed E-state index contributed by atoms with van der Waals surface area (Å²) in [6, 6.07) is 3.22. The van der Waals surface area contributed by atoms with Crippen LogP contribution in [0.5, 0.6) is 0 Å². The highest BCUT2D eigenvalue weighted by Gasteiger charge is 2.44. The molecule has 0 amide bonds. The summed E-state index contributed by atoms with van der Waals surface area (Å²) in [7, 11) is -1.17. The van der Waals surface area contributed by atoms with Crippen LogP contribution in [-0.4, -0.2) is 53.2 Å². The van der Waals surface area contributed by atoms with Crippen molar-refractivity contribution in [1.29, 1.82) is 0 Å². The normalized spacial score (nSPS) is 21.9. The number of fused-ring (bicyclic) bond motifs is 3. The van der Waals surface area contributed by atoms with Gasteiger partial charge < -0.3 is 14.2 Å². The maximum Gasteiger partial charge on any atom is 0.264 e. The Bertz CT molecular complexity index is 944. The Kier molecular flexibility index (Phi) is 5.11. The summed E-state index contributed by atoms with van der Waals surface area (Å²) in [4.78, 5) is 25.8. The van der Waals surface area contributed by atoms with Crippen molar-refractivity contribution in [2.45, 2.75) is 25.6 Å². The van der Waals surface area contributed by atoms with Gasteiger partial charge in [-0.05, 0) is 24.1 Å². The molecule has 0 N–H and O–H groups in total. The maximum atomic E-state index is 13.0. The molecule has 27 heavy (non-hydrogen) atoms. The second kappa shape index (κ2) is 7.06. The van der Waals surface area contributed by atoms with Crippen molar-refractivity contribution in [3.8, 4) is 0 Å². The summed E-state index contributed by atoms with van der Waals surface area (Å²) in [6.07, 6.45) is -0.415. The van der Waals surface area contributed by atoms with Gasteiger partial charge in [-0.3, -0.25) is 13.8 Å². The van der Waals surface area contributed by atoms with Crippen molar-refractivity contribution < 1.29 is 36.4 Å². The standard InChI is InChI=1S/C18H20O8S/c1-5-25-16-11(26-27(4,21)22)8-9-6-7-10-13(12(9)16)15(20)18(24-3)17(23-2)14(10)19/h6-7,11,16H,5,8H2,1-4H3. The van der Waals surface area contributed by atoms with E-state index in [9.17, 15) is 18.0 Å². The van der Waals surface area contributed by atoms with Crippen molar-refractivity contribution in [2.24, 2.45) is 0 Å². The number of ether oxygens (including phenoxy) is 3. The van der Waals surface area contributed by atoms with E-state index >= 15 is 0 Å². The lowest BCUT2D eigenvalue weighted by molar-refractivity contribution is -0.00899. The van der Waals surface area contributed by atoms with E-state index in [1.54, 1.807) is 13.0 Å². The number of allylic oxidation sites excluding steroid dienone is 2. The molecule has 0 saturated heterocycles. The molecular formula is C18H20O8S. The predicted molar refractivity (Wildman–Crippen MR) is 93.9 cm³/mol. The molecule has 2 unspecified atom stereocenters. The summed E-state index contributed by atoms with van der Waals surface area (Å²) in [5.74, 6) is -1.34. The molecule has 146 valence electrons. The van der Waals surface area contributed by atoms with Crippen LogP contribution in [0.4, 0.5) is 0 Å². The molecular weight excluding hydrogens is 376 g/mol. The van der Waals surface area contributed by atoms with Crippen molar-refractivity contribution >= 4 is 21.7 Å². The lowest BCUT2D eigenvalue weighted by atomic mass is 9.86. The third-order valence-corrected chi connectivity index (χ3v) is 5.12. The van der Waals surface area contributed by atoms with Crippen LogP contribution in [0.1, 0.15) is 44.9 Å². The predicted octanol–water partition coefficient (Wildman–Crippen LogP) is 1.55. The molecule has 0 heterocycles. The molecule has 0 fully saturated rings. The Morgan fingerprint density at radius 3 is 2.26 bits per heavy atom. The quantitative estimate of drug-likeness (QED) is 0.667. The minimum Gasteiger partial charge on any atom is -0.489 e. The van der Waals surface area contributed by atoms with E-state index in [4.69, 9.17) is 18.4 Å². The lowest BCUT2D eigenvalue weighted by Gasteiger charge is -2.24. The van der Waals surface area contributed by atoms with Crippen LogP contribution in [0.3, 0.4) is 0 Å². The van der Waals surface area contributed by atoms with Crippen LogP contribution < -0.4 is 0 Å². The molecule has 0 bridgehead atoms. The lowest BCUT2D eigenvalue weighted by Crippen LogP contribution is -2.28. The van der Waals surface area contributed by atoms with E-state index in [-0.39, 0.29) is 35.7 Å². The van der Waals surface area contributed by atoms with Crippen LogP contribution in [0.2, 0.25) is 0 Å². The van der Waals surface area contributed by atoms with Gasteiger partial charge in [-0.2, -0.15) is 8.42 Å². The second-order valence-electron chi connectivity index (χ2n) is 6.20. The summed E-state index contributed by atoms with van der Waals surface area (Å²) >= 11 is 0. The monoisotopic (exact) mass is 396 g/mol. The molecule has 2 aliphatic carbocycles. The zero-order valence-electron chi connectivity index (χ0n) is 15.4. The SMILES string of the molecule is CCOC1c2c(ccc3c2C(=O)C(OC)=C(OC)C3=O)CC1OS(C)(=O)=O. The molecule has 0 aromatic heterocycles. The molecule has 0 radical (unpaired) electrons. The van der Waals surface area contributed by atoms with Gasteiger partial charge in [-0.1, -0.05) is 6.07 Å². The van der Waals surface area contributed by atoms with Crippen LogP contribution in [0.15, 0.2) is 23.7 Å². The van der Waals surface area contributed by atoms with Crippen LogP contribution in [-0.2, 0) is 34.9 Å². The van der Waals surface area contributed by atoms with Crippen LogP contribution >= 0.6 is 0 Å². The van der Waals surface area contributed by atoms with E-state index in [1.807, 2.05) is 0 Å². The molecule has 1 aromatic carbocycles. The van der Waals surface area contributed by atoms with Gasteiger partial charge in [0.05, 0.1) is 20.5 Å². The average molecular weight is 396 g/mol. The number of hydrogen-bond acceptors (Lipinski definition) is 8. The fourth-order valence-electron chi connectivity index (χ4n) is 3.60. The first-order chi connectivity index (χ1) is 12.7. The van der Waals surface area contributed by atoms with Crippen molar-refractivity contribution in [3.63, 3.8) is 0 Å². The summed E-state index contributed by atoms with van der Waals surface area (Å²) in [5, 5.41) is 0. The van der Waals surface area contributed by atoms with Gasteiger partial charge in [0.25, 0.3) is 10.1 Å². The smallest absolute Gasteiger partial charge is 0.264 e. The van der Waals surface area contributed by atoms with Crippen LogP contribution in [0, 0.1) is 0 Å². The summed E-state index contributed by atoms with van der Waals surface area (Å²) in [5.41, 5.74) is 1.47. The van der Waals surface area contributed by atoms with Crippen LogP contribution in [0.25, 0.3) is 0 Å².